The monoisotopic (exact) mass is 334 g/mol. The van der Waals surface area contributed by atoms with Gasteiger partial charge in [-0.1, -0.05) is 5.16 Å². The van der Waals surface area contributed by atoms with Gasteiger partial charge >= 0.3 is 0 Å². The maximum Gasteiger partial charge on any atom is 0.236 e. The molecule has 1 aliphatic carbocycles. The van der Waals surface area contributed by atoms with Crippen LogP contribution >= 0.6 is 0 Å². The third-order valence-corrected chi connectivity index (χ3v) is 4.65. The van der Waals surface area contributed by atoms with Crippen LogP contribution in [0.1, 0.15) is 18.5 Å². The summed E-state index contributed by atoms with van der Waals surface area (Å²) >= 11 is 0. The Labute approximate surface area is 142 Å². The lowest BCUT2D eigenvalue weighted by atomic mass is 10.0. The Morgan fingerprint density at radius 3 is 2.92 bits per heavy atom. The second-order valence-corrected chi connectivity index (χ2v) is 6.26. The number of H-pyrrole nitrogens is 1. The molecule has 4 aromatic rings. The Bertz CT molecular complexity index is 1060. The Kier molecular flexibility index (Phi) is 2.85. The number of rotatable bonds is 4. The Morgan fingerprint density at radius 1 is 1.20 bits per heavy atom. The predicted molar refractivity (Wildman–Crippen MR) is 89.8 cm³/mol. The molecule has 7 heteroatoms. The summed E-state index contributed by atoms with van der Waals surface area (Å²) in [5.41, 5.74) is 1.61. The van der Waals surface area contributed by atoms with Crippen LogP contribution in [0.5, 0.6) is 0 Å². The normalized spacial score (nSPS) is 15.4. The highest BCUT2D eigenvalue weighted by molar-refractivity contribution is 6.02. The van der Waals surface area contributed by atoms with E-state index in [1.54, 1.807) is 30.7 Å². The summed E-state index contributed by atoms with van der Waals surface area (Å²) in [6, 6.07) is 11.0. The first kappa shape index (κ1) is 14.0. The number of carbonyl (C=O) groups excluding carboxylic acids is 1. The highest BCUT2D eigenvalue weighted by Gasteiger charge is 2.54. The number of hydrogen-bond donors (Lipinski definition) is 2. The van der Waals surface area contributed by atoms with E-state index in [4.69, 9.17) is 8.94 Å². The average Bonchev–Trinajstić information content (AvgIpc) is 3.07. The molecule has 5 rings (SSSR count). The van der Waals surface area contributed by atoms with E-state index in [2.05, 4.69) is 20.7 Å². The first-order valence-electron chi connectivity index (χ1n) is 8.00. The maximum absolute atomic E-state index is 12.8. The standard InChI is InChI=1S/C18H14N4O3/c23-17(20-12-4-3-11-10-19-21-13(11)8-12)18(5-6-18)16-9-15(25-22-16)14-2-1-7-24-14/h1-4,7-10H,5-6H2,(H,19,21)(H,20,23). The average molecular weight is 334 g/mol. The van der Waals surface area contributed by atoms with Gasteiger partial charge in [0.05, 0.1) is 29.1 Å². The summed E-state index contributed by atoms with van der Waals surface area (Å²) in [6.07, 6.45) is 4.81. The van der Waals surface area contributed by atoms with Crippen molar-refractivity contribution in [3.8, 4) is 11.5 Å². The van der Waals surface area contributed by atoms with Crippen molar-refractivity contribution in [2.45, 2.75) is 18.3 Å². The van der Waals surface area contributed by atoms with E-state index in [0.717, 1.165) is 29.4 Å². The fraction of sp³-hybridized carbons (Fsp3) is 0.167. The van der Waals surface area contributed by atoms with Crippen molar-refractivity contribution in [1.82, 2.24) is 15.4 Å². The number of carbonyl (C=O) groups is 1. The third-order valence-electron chi connectivity index (χ3n) is 4.65. The van der Waals surface area contributed by atoms with Gasteiger partial charge in [-0.15, -0.1) is 0 Å². The molecule has 0 radical (unpaired) electrons. The topological polar surface area (TPSA) is 97.0 Å². The smallest absolute Gasteiger partial charge is 0.236 e. The van der Waals surface area contributed by atoms with Crippen LogP contribution in [0.15, 0.2) is 57.8 Å². The first-order valence-corrected chi connectivity index (χ1v) is 8.00. The van der Waals surface area contributed by atoms with Crippen molar-refractivity contribution in [2.75, 3.05) is 5.32 Å². The predicted octanol–water partition coefficient (Wildman–Crippen LogP) is 3.48. The van der Waals surface area contributed by atoms with Crippen molar-refractivity contribution in [3.05, 3.63) is 54.6 Å². The molecule has 1 aliphatic rings. The zero-order valence-electron chi connectivity index (χ0n) is 13.2. The summed E-state index contributed by atoms with van der Waals surface area (Å²) in [7, 11) is 0. The van der Waals surface area contributed by atoms with Gasteiger partial charge in [-0.25, -0.2) is 0 Å². The molecule has 3 heterocycles. The van der Waals surface area contributed by atoms with Gasteiger partial charge in [0, 0.05) is 17.1 Å². The molecule has 2 N–H and O–H groups in total. The number of aromatic amines is 1. The van der Waals surface area contributed by atoms with Gasteiger partial charge in [-0.05, 0) is 43.2 Å². The molecule has 25 heavy (non-hydrogen) atoms. The van der Waals surface area contributed by atoms with E-state index in [1.165, 1.54) is 0 Å². The number of anilines is 1. The van der Waals surface area contributed by atoms with Gasteiger partial charge < -0.3 is 14.3 Å². The van der Waals surface area contributed by atoms with Crippen LogP contribution in [-0.4, -0.2) is 21.3 Å². The molecule has 1 aromatic carbocycles. The lowest BCUT2D eigenvalue weighted by Gasteiger charge is -2.12. The molecule has 0 aliphatic heterocycles. The van der Waals surface area contributed by atoms with Gasteiger partial charge in [-0.2, -0.15) is 5.10 Å². The van der Waals surface area contributed by atoms with Gasteiger partial charge in [0.1, 0.15) is 0 Å². The van der Waals surface area contributed by atoms with Crippen LogP contribution in [0.25, 0.3) is 22.4 Å². The Hall–Kier alpha value is -3.35. The molecular weight excluding hydrogens is 320 g/mol. The van der Waals surface area contributed by atoms with E-state index >= 15 is 0 Å². The SMILES string of the molecule is O=C(Nc1ccc2cn[nH]c2c1)C1(c2cc(-c3ccco3)on2)CC1. The number of aromatic nitrogens is 3. The molecule has 124 valence electrons. The van der Waals surface area contributed by atoms with E-state index in [0.29, 0.717) is 17.2 Å². The number of nitrogens with one attached hydrogen (secondary N) is 2. The van der Waals surface area contributed by atoms with Crippen LogP contribution in [0.3, 0.4) is 0 Å². The quantitative estimate of drug-likeness (QED) is 0.595. The van der Waals surface area contributed by atoms with Crippen LogP contribution in [0, 0.1) is 0 Å². The lowest BCUT2D eigenvalue weighted by molar-refractivity contribution is -0.118. The maximum atomic E-state index is 12.8. The minimum Gasteiger partial charge on any atom is -0.461 e. The van der Waals surface area contributed by atoms with Gasteiger partial charge in [0.25, 0.3) is 0 Å². The molecule has 1 fully saturated rings. The van der Waals surface area contributed by atoms with E-state index in [-0.39, 0.29) is 5.91 Å². The molecule has 1 amide bonds. The van der Waals surface area contributed by atoms with Crippen molar-refractivity contribution in [1.29, 1.82) is 0 Å². The molecule has 0 saturated heterocycles. The summed E-state index contributed by atoms with van der Waals surface area (Å²) in [5.74, 6) is 1.04. The summed E-state index contributed by atoms with van der Waals surface area (Å²) in [5, 5.41) is 15.0. The van der Waals surface area contributed by atoms with Crippen LogP contribution in [0.4, 0.5) is 5.69 Å². The number of benzene rings is 1. The van der Waals surface area contributed by atoms with Crippen molar-refractivity contribution < 1.29 is 13.7 Å². The van der Waals surface area contributed by atoms with Gasteiger partial charge in [-0.3, -0.25) is 9.89 Å². The van der Waals surface area contributed by atoms with E-state index in [9.17, 15) is 4.79 Å². The molecule has 0 bridgehead atoms. The molecular formula is C18H14N4O3. The Morgan fingerprint density at radius 2 is 2.12 bits per heavy atom. The Balaban J connectivity index is 1.41. The second kappa shape index (κ2) is 5.07. The number of furan rings is 1. The van der Waals surface area contributed by atoms with Gasteiger partial charge in [0.15, 0.2) is 5.76 Å². The van der Waals surface area contributed by atoms with Crippen LogP contribution in [0.2, 0.25) is 0 Å². The molecule has 0 atom stereocenters. The van der Waals surface area contributed by atoms with Crippen LogP contribution in [-0.2, 0) is 10.2 Å². The fourth-order valence-electron chi connectivity index (χ4n) is 3.03. The number of nitrogens with zero attached hydrogens (tertiary/aromatic N) is 2. The van der Waals surface area contributed by atoms with Crippen molar-refractivity contribution >= 4 is 22.5 Å². The van der Waals surface area contributed by atoms with Crippen molar-refractivity contribution in [3.63, 3.8) is 0 Å². The van der Waals surface area contributed by atoms with Crippen LogP contribution < -0.4 is 5.32 Å². The summed E-state index contributed by atoms with van der Waals surface area (Å²) in [4.78, 5) is 12.8. The minimum atomic E-state index is -0.628. The number of hydrogen-bond acceptors (Lipinski definition) is 5. The summed E-state index contributed by atoms with van der Waals surface area (Å²) < 4.78 is 10.7. The lowest BCUT2D eigenvalue weighted by Crippen LogP contribution is -2.28. The van der Waals surface area contributed by atoms with E-state index in [1.807, 2.05) is 18.2 Å². The molecule has 0 unspecified atom stereocenters. The highest BCUT2D eigenvalue weighted by atomic mass is 16.5. The van der Waals surface area contributed by atoms with Crippen molar-refractivity contribution in [2.24, 2.45) is 0 Å². The zero-order chi connectivity index (χ0) is 16.9. The molecule has 0 spiro atoms. The summed E-state index contributed by atoms with van der Waals surface area (Å²) in [6.45, 7) is 0. The molecule has 3 aromatic heterocycles. The minimum absolute atomic E-state index is 0.0781. The third kappa shape index (κ3) is 2.24. The molecule has 1 saturated carbocycles. The highest BCUT2D eigenvalue weighted by Crippen LogP contribution is 2.49. The number of fused-ring (bicyclic) bond motifs is 1. The second-order valence-electron chi connectivity index (χ2n) is 6.26. The number of amides is 1. The van der Waals surface area contributed by atoms with Gasteiger partial charge in [0.2, 0.25) is 11.7 Å². The first-order chi connectivity index (χ1) is 12.2. The largest absolute Gasteiger partial charge is 0.461 e. The van der Waals surface area contributed by atoms with E-state index < -0.39 is 5.41 Å². The zero-order valence-corrected chi connectivity index (χ0v) is 13.2. The fourth-order valence-corrected chi connectivity index (χ4v) is 3.03. The molecule has 7 nitrogen and oxygen atoms in total.